The summed E-state index contributed by atoms with van der Waals surface area (Å²) in [5.41, 5.74) is 0.196. The van der Waals surface area contributed by atoms with Crippen molar-refractivity contribution in [2.75, 3.05) is 6.61 Å². The Balaban J connectivity index is 2.86. The summed E-state index contributed by atoms with van der Waals surface area (Å²) < 4.78 is 10.9. The van der Waals surface area contributed by atoms with Crippen molar-refractivity contribution in [3.63, 3.8) is 0 Å². The summed E-state index contributed by atoms with van der Waals surface area (Å²) in [5.74, 6) is 0. The fourth-order valence-electron chi connectivity index (χ4n) is 1.72. The largest absolute Gasteiger partial charge is 0.444 e. The molecule has 5 heteroatoms. The zero-order valence-electron chi connectivity index (χ0n) is 11.0. The van der Waals surface area contributed by atoms with Gasteiger partial charge in [-0.3, -0.25) is 4.90 Å². The molecule has 1 aliphatic heterocycles. The molecule has 4 nitrogen and oxygen atoms in total. The van der Waals surface area contributed by atoms with Gasteiger partial charge in [-0.05, 0) is 40.7 Å². The minimum atomic E-state index is -0.677. The summed E-state index contributed by atoms with van der Waals surface area (Å²) in [6, 6.07) is -0.183. The number of carbonyl (C=O) groups excluding carboxylic acids is 1. The molecule has 1 atom stereocenters. The van der Waals surface area contributed by atoms with E-state index in [0.29, 0.717) is 6.61 Å². The third kappa shape index (κ3) is 3.61. The van der Waals surface area contributed by atoms with Gasteiger partial charge in [0.15, 0.2) is 0 Å². The van der Waals surface area contributed by atoms with Gasteiger partial charge in [-0.25, -0.2) is 4.79 Å². The number of halogens is 1. The second kappa shape index (κ2) is 4.86. The van der Waals surface area contributed by atoms with Crippen molar-refractivity contribution >= 4 is 17.7 Å². The van der Waals surface area contributed by atoms with Crippen molar-refractivity contribution in [3.8, 4) is 0 Å². The van der Waals surface area contributed by atoms with Crippen LogP contribution in [0.25, 0.3) is 0 Å². The van der Waals surface area contributed by atoms with Crippen LogP contribution in [0.3, 0.4) is 0 Å². The molecule has 1 heterocycles. The van der Waals surface area contributed by atoms with Gasteiger partial charge in [0.2, 0.25) is 0 Å². The number of ether oxygens (including phenoxy) is 2. The molecule has 0 aromatic carbocycles. The topological polar surface area (TPSA) is 38.8 Å². The average molecular weight is 262 g/mol. The minimum absolute atomic E-state index is 0.183. The van der Waals surface area contributed by atoms with Gasteiger partial charge in [0.1, 0.15) is 11.3 Å². The Morgan fingerprint density at radius 1 is 1.53 bits per heavy atom. The van der Waals surface area contributed by atoms with Gasteiger partial charge in [-0.2, -0.15) is 0 Å². The maximum absolute atomic E-state index is 12.1. The van der Waals surface area contributed by atoms with Gasteiger partial charge in [0, 0.05) is 5.54 Å². The number of nitrogens with zero attached hydrogens (tertiary/aromatic N) is 1. The van der Waals surface area contributed by atoms with Gasteiger partial charge in [-0.15, -0.1) is 0 Å². The van der Waals surface area contributed by atoms with Crippen LogP contribution in [0.1, 0.15) is 34.6 Å². The Hall–Kier alpha value is -0.740. The van der Waals surface area contributed by atoms with Crippen molar-refractivity contribution in [3.05, 3.63) is 11.6 Å². The molecule has 98 valence electrons. The van der Waals surface area contributed by atoms with Crippen LogP contribution in [0.5, 0.6) is 0 Å². The summed E-state index contributed by atoms with van der Waals surface area (Å²) in [4.78, 5) is 13.7. The lowest BCUT2D eigenvalue weighted by Crippen LogP contribution is -2.49. The van der Waals surface area contributed by atoms with E-state index in [4.69, 9.17) is 21.1 Å². The Kier molecular flexibility index (Phi) is 4.10. The van der Waals surface area contributed by atoms with Crippen LogP contribution in [-0.4, -0.2) is 35.0 Å². The fraction of sp³-hybridized carbons (Fsp3) is 0.750. The van der Waals surface area contributed by atoms with Gasteiger partial charge < -0.3 is 9.47 Å². The van der Waals surface area contributed by atoms with Crippen LogP contribution in [0.15, 0.2) is 11.6 Å². The van der Waals surface area contributed by atoms with E-state index in [1.165, 1.54) is 5.54 Å². The van der Waals surface area contributed by atoms with Crippen LogP contribution in [-0.2, 0) is 9.47 Å². The molecular formula is C12H20ClNO3. The number of hydrogen-bond acceptors (Lipinski definition) is 3. The Morgan fingerprint density at radius 2 is 2.12 bits per heavy atom. The fourth-order valence-corrected chi connectivity index (χ4v) is 1.89. The monoisotopic (exact) mass is 261 g/mol. The maximum Gasteiger partial charge on any atom is 0.413 e. The molecule has 0 aliphatic carbocycles. The van der Waals surface area contributed by atoms with E-state index >= 15 is 0 Å². The minimum Gasteiger partial charge on any atom is -0.444 e. The standard InChI is InChI=1S/C12H20ClNO3/c1-11(2,3)17-10(15)14-9(6-7-13)8-16-12(14,4)5/h6-7,9H,8H2,1-5H3/b7-6+/t9-/m1/s1. The molecule has 0 N–H and O–H groups in total. The van der Waals surface area contributed by atoms with Crippen LogP contribution in [0.2, 0.25) is 0 Å². The average Bonchev–Trinajstić information content (AvgIpc) is 2.39. The van der Waals surface area contributed by atoms with Crippen molar-refractivity contribution in [2.24, 2.45) is 0 Å². The highest BCUT2D eigenvalue weighted by Gasteiger charge is 2.44. The van der Waals surface area contributed by atoms with Gasteiger partial charge in [0.05, 0.1) is 12.6 Å². The molecule has 0 unspecified atom stereocenters. The summed E-state index contributed by atoms with van der Waals surface area (Å²) >= 11 is 5.56. The number of hydrogen-bond donors (Lipinski definition) is 0. The molecule has 1 fully saturated rings. The highest BCUT2D eigenvalue weighted by Crippen LogP contribution is 2.29. The van der Waals surface area contributed by atoms with E-state index in [0.717, 1.165) is 0 Å². The van der Waals surface area contributed by atoms with E-state index in [2.05, 4.69) is 0 Å². The molecule has 1 aliphatic rings. The van der Waals surface area contributed by atoms with E-state index in [9.17, 15) is 4.79 Å². The molecule has 1 saturated heterocycles. The van der Waals surface area contributed by atoms with Crippen LogP contribution >= 0.6 is 11.6 Å². The van der Waals surface area contributed by atoms with E-state index < -0.39 is 11.3 Å². The third-order valence-corrected chi connectivity index (χ3v) is 2.55. The Labute approximate surface area is 108 Å². The number of carbonyl (C=O) groups is 1. The van der Waals surface area contributed by atoms with Crippen molar-refractivity contribution in [1.29, 1.82) is 0 Å². The molecule has 0 aromatic rings. The second-order valence-electron chi connectivity index (χ2n) is 5.49. The van der Waals surface area contributed by atoms with Crippen LogP contribution in [0, 0.1) is 0 Å². The summed E-state index contributed by atoms with van der Waals surface area (Å²) in [6.45, 7) is 9.59. The first-order valence-corrected chi connectivity index (χ1v) is 6.04. The highest BCUT2D eigenvalue weighted by atomic mass is 35.5. The maximum atomic E-state index is 12.1. The lowest BCUT2D eigenvalue weighted by atomic mass is 10.2. The van der Waals surface area contributed by atoms with E-state index in [1.54, 1.807) is 11.0 Å². The molecule has 1 rings (SSSR count). The summed E-state index contributed by atoms with van der Waals surface area (Å²) in [6.07, 6.45) is 1.33. The molecule has 0 radical (unpaired) electrons. The Morgan fingerprint density at radius 3 is 2.59 bits per heavy atom. The molecule has 17 heavy (non-hydrogen) atoms. The van der Waals surface area contributed by atoms with Gasteiger partial charge in [0.25, 0.3) is 0 Å². The lowest BCUT2D eigenvalue weighted by molar-refractivity contribution is -0.0610. The van der Waals surface area contributed by atoms with E-state index in [1.807, 2.05) is 34.6 Å². The van der Waals surface area contributed by atoms with Gasteiger partial charge >= 0.3 is 6.09 Å². The first-order chi connectivity index (χ1) is 7.67. The highest BCUT2D eigenvalue weighted by molar-refractivity contribution is 6.25. The zero-order chi connectivity index (χ0) is 13.3. The summed E-state index contributed by atoms with van der Waals surface area (Å²) in [7, 11) is 0. The Bertz CT molecular complexity index is 320. The SMILES string of the molecule is CC(C)(C)OC(=O)N1[C@H](/C=C/Cl)COC1(C)C. The van der Waals surface area contributed by atoms with Crippen molar-refractivity contribution in [1.82, 2.24) is 4.90 Å². The van der Waals surface area contributed by atoms with Gasteiger partial charge in [-0.1, -0.05) is 11.6 Å². The smallest absolute Gasteiger partial charge is 0.413 e. The molecule has 0 spiro atoms. The molecule has 0 saturated carbocycles. The number of rotatable bonds is 1. The predicted molar refractivity (Wildman–Crippen MR) is 66.9 cm³/mol. The quantitative estimate of drug-likeness (QED) is 0.728. The number of amides is 1. The molecule has 1 amide bonds. The van der Waals surface area contributed by atoms with E-state index in [-0.39, 0.29) is 12.1 Å². The van der Waals surface area contributed by atoms with Crippen molar-refractivity contribution < 1.29 is 14.3 Å². The summed E-state index contributed by atoms with van der Waals surface area (Å²) in [5, 5.41) is 0. The second-order valence-corrected chi connectivity index (χ2v) is 5.75. The molecule has 0 aromatic heterocycles. The first-order valence-electron chi connectivity index (χ1n) is 5.60. The lowest BCUT2D eigenvalue weighted by Gasteiger charge is -2.34. The molecular weight excluding hydrogens is 242 g/mol. The van der Waals surface area contributed by atoms with Crippen molar-refractivity contribution in [2.45, 2.75) is 52.0 Å². The normalized spacial score (nSPS) is 24.4. The first kappa shape index (κ1) is 14.3. The van der Waals surface area contributed by atoms with Crippen LogP contribution in [0.4, 0.5) is 4.79 Å². The predicted octanol–water partition coefficient (Wildman–Crippen LogP) is 3.11. The zero-order valence-corrected chi connectivity index (χ0v) is 11.7. The third-order valence-electron chi connectivity index (χ3n) is 2.40. The van der Waals surface area contributed by atoms with Crippen LogP contribution < -0.4 is 0 Å². The molecule has 0 bridgehead atoms.